The van der Waals surface area contributed by atoms with E-state index in [2.05, 4.69) is 26.5 Å². The Balaban J connectivity index is 1.53. The maximum absolute atomic E-state index is 12.9. The van der Waals surface area contributed by atoms with Crippen molar-refractivity contribution in [2.45, 2.75) is 38.6 Å². The van der Waals surface area contributed by atoms with Crippen LogP contribution in [0, 0.1) is 22.7 Å². The average molecular weight is 381 g/mol. The van der Waals surface area contributed by atoms with Crippen molar-refractivity contribution in [3.63, 3.8) is 0 Å². The molecule has 2 aromatic heterocycles. The number of nitriles is 1. The van der Waals surface area contributed by atoms with Crippen LogP contribution in [-0.4, -0.2) is 43.9 Å². The second kappa shape index (κ2) is 6.56. The van der Waals surface area contributed by atoms with Crippen molar-refractivity contribution in [2.75, 3.05) is 23.4 Å². The van der Waals surface area contributed by atoms with Gasteiger partial charge in [-0.3, -0.25) is 14.4 Å². The molecule has 9 heteroatoms. The zero-order valence-electron chi connectivity index (χ0n) is 16.0. The molecule has 0 bridgehead atoms. The van der Waals surface area contributed by atoms with Gasteiger partial charge < -0.3 is 10.4 Å². The lowest BCUT2D eigenvalue weighted by Crippen LogP contribution is -2.35. The van der Waals surface area contributed by atoms with Gasteiger partial charge in [0, 0.05) is 18.9 Å². The molecule has 1 amide bonds. The Labute approximate surface area is 163 Å². The van der Waals surface area contributed by atoms with Gasteiger partial charge in [0.1, 0.15) is 11.2 Å². The lowest BCUT2D eigenvalue weighted by atomic mass is 9.83. The molecule has 2 N–H and O–H groups in total. The predicted octanol–water partition coefficient (Wildman–Crippen LogP) is 1.80. The molecule has 0 spiro atoms. The number of hydrogen-bond donors (Lipinski definition) is 2. The van der Waals surface area contributed by atoms with Crippen LogP contribution in [0.5, 0.6) is 0 Å². The third kappa shape index (κ3) is 2.99. The fourth-order valence-corrected chi connectivity index (χ4v) is 3.59. The highest BCUT2D eigenvalue weighted by Crippen LogP contribution is 2.51. The minimum Gasteiger partial charge on any atom is -0.394 e. The monoisotopic (exact) mass is 381 g/mol. The van der Waals surface area contributed by atoms with Gasteiger partial charge >= 0.3 is 0 Å². The minimum atomic E-state index is -0.893. The van der Waals surface area contributed by atoms with Crippen LogP contribution in [0.25, 0.3) is 0 Å². The Morgan fingerprint density at radius 2 is 2.25 bits per heavy atom. The number of hydrogen-bond acceptors (Lipinski definition) is 7. The summed E-state index contributed by atoms with van der Waals surface area (Å²) in [6, 6.07) is 3.97. The van der Waals surface area contributed by atoms with Gasteiger partial charge in [-0.2, -0.15) is 15.3 Å². The van der Waals surface area contributed by atoms with E-state index in [1.54, 1.807) is 34.2 Å². The average Bonchev–Trinajstić information content (AvgIpc) is 3.34. The van der Waals surface area contributed by atoms with Crippen molar-refractivity contribution in [3.8, 4) is 6.07 Å². The largest absolute Gasteiger partial charge is 0.394 e. The fraction of sp³-hybridized carbons (Fsp3) is 0.526. The van der Waals surface area contributed by atoms with Crippen LogP contribution >= 0.6 is 0 Å². The van der Waals surface area contributed by atoms with Gasteiger partial charge in [-0.15, -0.1) is 0 Å². The molecule has 1 atom stereocenters. The second-order valence-electron chi connectivity index (χ2n) is 8.07. The molecule has 2 aliphatic rings. The number of nitrogens with zero attached hydrogens (tertiary/aromatic N) is 6. The Hall–Kier alpha value is -2.99. The van der Waals surface area contributed by atoms with E-state index >= 15 is 0 Å². The standard InChI is InChI=1S/C19H23N7O2/c1-18(2,12-27)26-10-14(9-22-26)23-17-21-7-5-15(24-17)25-8-6-19(11-20,16(25)28)13-3-4-13/h5,7,9-10,13,27H,3-4,6,8,12H2,1-2H3,(H,21,23,24). The van der Waals surface area contributed by atoms with E-state index < -0.39 is 11.0 Å². The number of nitrogens with one attached hydrogen (secondary N) is 1. The summed E-state index contributed by atoms with van der Waals surface area (Å²) in [7, 11) is 0. The molecule has 1 aliphatic heterocycles. The van der Waals surface area contributed by atoms with Crippen LogP contribution in [0.2, 0.25) is 0 Å². The molecule has 9 nitrogen and oxygen atoms in total. The maximum atomic E-state index is 12.9. The van der Waals surface area contributed by atoms with E-state index in [4.69, 9.17) is 0 Å². The van der Waals surface area contributed by atoms with Crippen LogP contribution in [0.15, 0.2) is 24.7 Å². The molecule has 0 aromatic carbocycles. The third-order valence-corrected chi connectivity index (χ3v) is 5.59. The van der Waals surface area contributed by atoms with E-state index in [0.717, 1.165) is 12.8 Å². The van der Waals surface area contributed by atoms with E-state index in [-0.39, 0.29) is 18.4 Å². The molecule has 1 saturated carbocycles. The summed E-state index contributed by atoms with van der Waals surface area (Å²) in [5.41, 5.74) is -0.736. The van der Waals surface area contributed by atoms with Crippen LogP contribution in [0.4, 0.5) is 17.5 Å². The Morgan fingerprint density at radius 1 is 1.46 bits per heavy atom. The number of anilines is 3. The van der Waals surface area contributed by atoms with Crippen LogP contribution in [-0.2, 0) is 10.3 Å². The van der Waals surface area contributed by atoms with E-state index in [1.807, 2.05) is 13.8 Å². The smallest absolute Gasteiger partial charge is 0.248 e. The van der Waals surface area contributed by atoms with Crippen LogP contribution < -0.4 is 10.2 Å². The van der Waals surface area contributed by atoms with Gasteiger partial charge in [-0.25, -0.2) is 4.98 Å². The first kappa shape index (κ1) is 18.4. The van der Waals surface area contributed by atoms with E-state index in [1.165, 1.54) is 0 Å². The molecule has 1 saturated heterocycles. The van der Waals surface area contributed by atoms with Crippen molar-refractivity contribution in [2.24, 2.45) is 11.3 Å². The first-order valence-electron chi connectivity index (χ1n) is 9.39. The summed E-state index contributed by atoms with van der Waals surface area (Å²) in [6.45, 7) is 4.20. The number of carbonyl (C=O) groups is 1. The normalized spacial score (nSPS) is 22.4. The number of aromatic nitrogens is 4. The molecule has 28 heavy (non-hydrogen) atoms. The van der Waals surface area contributed by atoms with Crippen molar-refractivity contribution in [3.05, 3.63) is 24.7 Å². The zero-order chi connectivity index (χ0) is 19.9. The van der Waals surface area contributed by atoms with E-state index in [0.29, 0.717) is 30.4 Å². The molecule has 1 unspecified atom stereocenters. The summed E-state index contributed by atoms with van der Waals surface area (Å²) >= 11 is 0. The SMILES string of the molecule is CC(C)(CO)n1cc(Nc2nccc(N3CCC(C#N)(C4CC4)C3=O)n2)cn1. The van der Waals surface area contributed by atoms with Gasteiger partial charge in [0.15, 0.2) is 0 Å². The third-order valence-electron chi connectivity index (χ3n) is 5.59. The first-order chi connectivity index (χ1) is 13.4. The molecule has 2 aromatic rings. The summed E-state index contributed by atoms with van der Waals surface area (Å²) < 4.78 is 1.67. The summed E-state index contributed by atoms with van der Waals surface area (Å²) in [5.74, 6) is 0.853. The lowest BCUT2D eigenvalue weighted by molar-refractivity contribution is -0.123. The lowest BCUT2D eigenvalue weighted by Gasteiger charge is -2.22. The topological polar surface area (TPSA) is 120 Å². The van der Waals surface area contributed by atoms with Gasteiger partial charge in [0.2, 0.25) is 11.9 Å². The summed E-state index contributed by atoms with van der Waals surface area (Å²) in [6.07, 6.45) is 7.41. The first-order valence-corrected chi connectivity index (χ1v) is 9.39. The van der Waals surface area contributed by atoms with Crippen LogP contribution in [0.1, 0.15) is 33.1 Å². The van der Waals surface area contributed by atoms with Crippen molar-refractivity contribution >= 4 is 23.4 Å². The molecule has 3 heterocycles. The molecule has 146 valence electrons. The predicted molar refractivity (Wildman–Crippen MR) is 102 cm³/mol. The van der Waals surface area contributed by atoms with E-state index in [9.17, 15) is 15.2 Å². The Morgan fingerprint density at radius 3 is 2.93 bits per heavy atom. The van der Waals surface area contributed by atoms with Crippen molar-refractivity contribution in [1.82, 2.24) is 19.7 Å². The molecular weight excluding hydrogens is 358 g/mol. The van der Waals surface area contributed by atoms with Gasteiger partial charge in [0.05, 0.1) is 30.1 Å². The number of aliphatic hydroxyl groups is 1. The zero-order valence-corrected chi connectivity index (χ0v) is 16.0. The number of carbonyl (C=O) groups excluding carboxylic acids is 1. The summed E-state index contributed by atoms with van der Waals surface area (Å²) in [4.78, 5) is 23.2. The highest BCUT2D eigenvalue weighted by atomic mass is 16.3. The Bertz CT molecular complexity index is 944. The van der Waals surface area contributed by atoms with Gasteiger partial charge in [-0.05, 0) is 45.1 Å². The van der Waals surface area contributed by atoms with Crippen molar-refractivity contribution in [1.29, 1.82) is 5.26 Å². The molecule has 2 fully saturated rings. The minimum absolute atomic E-state index is 0.0428. The number of amides is 1. The van der Waals surface area contributed by atoms with Crippen LogP contribution in [0.3, 0.4) is 0 Å². The van der Waals surface area contributed by atoms with Crippen molar-refractivity contribution < 1.29 is 9.90 Å². The Kier molecular flexibility index (Phi) is 4.31. The molecule has 4 rings (SSSR count). The second-order valence-corrected chi connectivity index (χ2v) is 8.07. The highest BCUT2D eigenvalue weighted by Gasteiger charge is 2.57. The summed E-state index contributed by atoms with van der Waals surface area (Å²) in [5, 5.41) is 26.4. The van der Waals surface area contributed by atoms with Gasteiger partial charge in [-0.1, -0.05) is 0 Å². The van der Waals surface area contributed by atoms with Gasteiger partial charge in [0.25, 0.3) is 0 Å². The quantitative estimate of drug-likeness (QED) is 0.783. The highest BCUT2D eigenvalue weighted by molar-refractivity contribution is 6.01. The molecule has 1 aliphatic carbocycles. The maximum Gasteiger partial charge on any atom is 0.248 e. The number of aliphatic hydroxyl groups excluding tert-OH is 1. The number of rotatable bonds is 6. The fourth-order valence-electron chi connectivity index (χ4n) is 3.59. The molecular formula is C19H23N7O2. The molecule has 0 radical (unpaired) electrons.